The molecule has 0 radical (unpaired) electrons. The number of aromatic nitrogens is 1. The minimum Gasteiger partial charge on any atom is -0.462 e. The summed E-state index contributed by atoms with van der Waals surface area (Å²) in [6, 6.07) is 1.04. The molecule has 4 nitrogen and oxygen atoms in total. The molecule has 9 heteroatoms. The van der Waals surface area contributed by atoms with Crippen LogP contribution in [-0.2, 0) is 11.4 Å². The summed E-state index contributed by atoms with van der Waals surface area (Å²) < 4.78 is 57.9. The van der Waals surface area contributed by atoms with E-state index in [-0.39, 0.29) is 10.3 Å². The molecular weight excluding hydrogens is 385 g/mol. The molecule has 0 atom stereocenters. The minimum absolute atomic E-state index is 0.0336. The number of alkyl halides is 4. The first-order chi connectivity index (χ1) is 8.78. The van der Waals surface area contributed by atoms with Gasteiger partial charge in [0, 0.05) is 0 Å². The molecule has 0 unspecified atom stereocenters. The maximum absolute atomic E-state index is 12.7. The highest BCUT2D eigenvalue weighted by Crippen LogP contribution is 2.31. The highest BCUT2D eigenvalue weighted by atomic mass is 127. The van der Waals surface area contributed by atoms with Crippen LogP contribution >= 0.6 is 22.6 Å². The van der Waals surface area contributed by atoms with Crippen LogP contribution in [0, 0.1) is 3.70 Å². The van der Waals surface area contributed by atoms with Crippen molar-refractivity contribution in [2.75, 3.05) is 6.61 Å². The predicted octanol–water partition coefficient (Wildman–Crippen LogP) is 3.23. The summed E-state index contributed by atoms with van der Waals surface area (Å²) >= 11 is 1.65. The lowest BCUT2D eigenvalue weighted by Gasteiger charge is -2.15. The third-order valence-corrected chi connectivity index (χ3v) is 2.40. The highest BCUT2D eigenvalue weighted by Gasteiger charge is 2.35. The maximum Gasteiger partial charge on any atom is 0.573 e. The largest absolute Gasteiger partial charge is 0.573 e. The zero-order valence-corrected chi connectivity index (χ0v) is 11.7. The Balaban J connectivity index is 3.33. The number of pyridine rings is 1. The second-order valence-electron chi connectivity index (χ2n) is 3.17. The fourth-order valence-electron chi connectivity index (χ4n) is 1.23. The van der Waals surface area contributed by atoms with Crippen LogP contribution in [0.15, 0.2) is 6.07 Å². The first-order valence-electron chi connectivity index (χ1n) is 4.96. The molecule has 0 aliphatic carbocycles. The van der Waals surface area contributed by atoms with Gasteiger partial charge in [-0.15, -0.1) is 13.2 Å². The van der Waals surface area contributed by atoms with Crippen LogP contribution in [0.1, 0.15) is 23.0 Å². The molecule has 0 fully saturated rings. The summed E-state index contributed by atoms with van der Waals surface area (Å²) in [5, 5.41) is 0. The quantitative estimate of drug-likeness (QED) is 0.341. The molecular formula is C10H8F4INO3. The van der Waals surface area contributed by atoms with Gasteiger partial charge in [0.05, 0.1) is 6.61 Å². The van der Waals surface area contributed by atoms with Gasteiger partial charge in [0.1, 0.15) is 21.6 Å². The molecule has 0 amide bonds. The first-order valence-corrected chi connectivity index (χ1v) is 6.04. The first kappa shape index (κ1) is 15.9. The lowest BCUT2D eigenvalue weighted by Crippen LogP contribution is -2.21. The van der Waals surface area contributed by atoms with Crippen LogP contribution in [0.5, 0.6) is 5.75 Å². The van der Waals surface area contributed by atoms with Gasteiger partial charge < -0.3 is 9.47 Å². The average Bonchev–Trinajstić information content (AvgIpc) is 2.29. The monoisotopic (exact) mass is 393 g/mol. The number of carbonyl (C=O) groups is 1. The van der Waals surface area contributed by atoms with Gasteiger partial charge in [-0.25, -0.2) is 14.2 Å². The van der Waals surface area contributed by atoms with E-state index in [2.05, 4.69) is 14.5 Å². The van der Waals surface area contributed by atoms with Crippen molar-refractivity contribution < 1.29 is 31.8 Å². The SMILES string of the molecule is CCOC(=O)c1cc(I)nc(CF)c1OC(F)(F)F. The summed E-state index contributed by atoms with van der Waals surface area (Å²) in [6.07, 6.45) is -5.06. The van der Waals surface area contributed by atoms with Crippen molar-refractivity contribution in [3.05, 3.63) is 21.0 Å². The van der Waals surface area contributed by atoms with E-state index in [0.29, 0.717) is 0 Å². The predicted molar refractivity (Wildman–Crippen MR) is 64.4 cm³/mol. The normalized spacial score (nSPS) is 11.3. The Morgan fingerprint density at radius 2 is 2.11 bits per heavy atom. The van der Waals surface area contributed by atoms with Crippen LogP contribution in [0.3, 0.4) is 0 Å². The molecule has 1 heterocycles. The van der Waals surface area contributed by atoms with Crippen molar-refractivity contribution in [3.8, 4) is 5.75 Å². The molecule has 0 bridgehead atoms. The van der Waals surface area contributed by atoms with Gasteiger partial charge in [-0.1, -0.05) is 0 Å². The number of halogens is 5. The molecule has 1 aromatic heterocycles. The lowest BCUT2D eigenvalue weighted by molar-refractivity contribution is -0.275. The van der Waals surface area contributed by atoms with E-state index in [4.69, 9.17) is 0 Å². The molecule has 0 spiro atoms. The number of esters is 1. The van der Waals surface area contributed by atoms with Crippen LogP contribution in [0.4, 0.5) is 17.6 Å². The molecule has 106 valence electrons. The van der Waals surface area contributed by atoms with Gasteiger partial charge in [0.2, 0.25) is 0 Å². The van der Waals surface area contributed by atoms with E-state index in [1.54, 1.807) is 22.6 Å². The van der Waals surface area contributed by atoms with Gasteiger partial charge in [0.25, 0.3) is 0 Å². The summed E-state index contributed by atoms with van der Waals surface area (Å²) in [5.74, 6) is -1.99. The Morgan fingerprint density at radius 1 is 1.47 bits per heavy atom. The molecule has 0 aromatic carbocycles. The van der Waals surface area contributed by atoms with Crippen molar-refractivity contribution in [1.29, 1.82) is 0 Å². The summed E-state index contributed by atoms with van der Waals surface area (Å²) in [5.41, 5.74) is -1.11. The zero-order chi connectivity index (χ0) is 14.6. The van der Waals surface area contributed by atoms with E-state index < -0.39 is 36.0 Å². The zero-order valence-electron chi connectivity index (χ0n) is 9.55. The van der Waals surface area contributed by atoms with Crippen molar-refractivity contribution in [3.63, 3.8) is 0 Å². The van der Waals surface area contributed by atoms with Crippen molar-refractivity contribution in [1.82, 2.24) is 4.98 Å². The van der Waals surface area contributed by atoms with Crippen LogP contribution in [-0.4, -0.2) is 23.9 Å². The second kappa shape index (κ2) is 6.35. The van der Waals surface area contributed by atoms with E-state index in [9.17, 15) is 22.4 Å². The fraction of sp³-hybridized carbons (Fsp3) is 0.400. The molecule has 19 heavy (non-hydrogen) atoms. The standard InChI is InChI=1S/C10H8F4INO3/c1-2-18-9(17)5-3-7(15)16-6(4-11)8(5)19-10(12,13)14/h3H,2,4H2,1H3. The Morgan fingerprint density at radius 3 is 2.58 bits per heavy atom. The minimum atomic E-state index is -5.06. The van der Waals surface area contributed by atoms with Gasteiger partial charge >= 0.3 is 12.3 Å². The van der Waals surface area contributed by atoms with Crippen molar-refractivity contribution >= 4 is 28.6 Å². The van der Waals surface area contributed by atoms with Gasteiger partial charge in [-0.05, 0) is 35.6 Å². The molecule has 0 N–H and O–H groups in total. The van der Waals surface area contributed by atoms with Crippen LogP contribution < -0.4 is 4.74 Å². The third kappa shape index (κ3) is 4.48. The molecule has 1 rings (SSSR count). The van der Waals surface area contributed by atoms with Crippen LogP contribution in [0.25, 0.3) is 0 Å². The second-order valence-corrected chi connectivity index (χ2v) is 4.28. The Hall–Kier alpha value is -1.13. The number of nitrogens with zero attached hydrogens (tertiary/aromatic N) is 1. The van der Waals surface area contributed by atoms with Gasteiger partial charge in [-0.2, -0.15) is 0 Å². The van der Waals surface area contributed by atoms with Crippen LogP contribution in [0.2, 0.25) is 0 Å². The number of hydrogen-bond acceptors (Lipinski definition) is 4. The molecule has 0 saturated heterocycles. The fourth-order valence-corrected chi connectivity index (χ4v) is 1.84. The highest BCUT2D eigenvalue weighted by molar-refractivity contribution is 14.1. The molecule has 1 aromatic rings. The number of hydrogen-bond donors (Lipinski definition) is 0. The lowest BCUT2D eigenvalue weighted by atomic mass is 10.2. The Kier molecular flexibility index (Phi) is 5.32. The summed E-state index contributed by atoms with van der Waals surface area (Å²) in [6.45, 7) is 0.160. The average molecular weight is 393 g/mol. The van der Waals surface area contributed by atoms with E-state index in [0.717, 1.165) is 6.07 Å². The molecule has 0 saturated carbocycles. The van der Waals surface area contributed by atoms with Crippen molar-refractivity contribution in [2.45, 2.75) is 20.0 Å². The Labute approximate surface area is 119 Å². The number of ether oxygens (including phenoxy) is 2. The van der Waals surface area contributed by atoms with Gasteiger partial charge in [-0.3, -0.25) is 0 Å². The van der Waals surface area contributed by atoms with E-state index in [1.807, 2.05) is 0 Å². The summed E-state index contributed by atoms with van der Waals surface area (Å²) in [7, 11) is 0. The number of rotatable bonds is 4. The third-order valence-electron chi connectivity index (χ3n) is 1.85. The van der Waals surface area contributed by atoms with E-state index in [1.165, 1.54) is 6.92 Å². The topological polar surface area (TPSA) is 48.4 Å². The maximum atomic E-state index is 12.7. The Bertz CT molecular complexity index is 479. The summed E-state index contributed by atoms with van der Waals surface area (Å²) in [4.78, 5) is 15.1. The molecule has 0 aliphatic heterocycles. The smallest absolute Gasteiger partial charge is 0.462 e. The molecule has 0 aliphatic rings. The van der Waals surface area contributed by atoms with Gasteiger partial charge in [0.15, 0.2) is 5.75 Å². The van der Waals surface area contributed by atoms with Crippen molar-refractivity contribution in [2.24, 2.45) is 0 Å². The number of carbonyl (C=O) groups excluding carboxylic acids is 1. The van der Waals surface area contributed by atoms with E-state index >= 15 is 0 Å².